The number of hydrogen-bond donors (Lipinski definition) is 2. The van der Waals surface area contributed by atoms with Crippen molar-refractivity contribution in [3.63, 3.8) is 0 Å². The number of piperidine rings is 1. The van der Waals surface area contributed by atoms with Crippen LogP contribution in [0.3, 0.4) is 0 Å². The van der Waals surface area contributed by atoms with Crippen LogP contribution < -0.4 is 10.6 Å². The van der Waals surface area contributed by atoms with E-state index >= 15 is 0 Å². The minimum Gasteiger partial charge on any atom is -0.359 e. The van der Waals surface area contributed by atoms with Crippen LogP contribution in [-0.4, -0.2) is 24.1 Å². The number of aromatic nitrogens is 1. The van der Waals surface area contributed by atoms with Crippen molar-refractivity contribution in [2.75, 3.05) is 18.4 Å². The average molecular weight is 211 g/mol. The third-order valence-electron chi connectivity index (χ3n) is 2.70. The maximum atomic E-state index is 4.49. The summed E-state index contributed by atoms with van der Waals surface area (Å²) in [4.78, 5) is 5.81. The Balaban J connectivity index is 1.95. The van der Waals surface area contributed by atoms with Crippen molar-refractivity contribution in [3.05, 3.63) is 10.6 Å². The van der Waals surface area contributed by atoms with E-state index in [1.165, 1.54) is 17.7 Å². The molecule has 78 valence electrons. The van der Waals surface area contributed by atoms with E-state index in [1.807, 2.05) is 0 Å². The van der Waals surface area contributed by atoms with Gasteiger partial charge < -0.3 is 10.6 Å². The average Bonchev–Trinajstić information content (AvgIpc) is 2.47. The number of thiazole rings is 1. The van der Waals surface area contributed by atoms with Crippen molar-refractivity contribution in [1.82, 2.24) is 10.3 Å². The van der Waals surface area contributed by atoms with E-state index in [1.54, 1.807) is 11.3 Å². The van der Waals surface area contributed by atoms with Crippen LogP contribution in [0.2, 0.25) is 0 Å². The lowest BCUT2D eigenvalue weighted by Crippen LogP contribution is -2.35. The Hall–Kier alpha value is -0.610. The van der Waals surface area contributed by atoms with Crippen molar-refractivity contribution < 1.29 is 0 Å². The molecule has 2 heterocycles. The van der Waals surface area contributed by atoms with E-state index in [0.717, 1.165) is 23.9 Å². The molecule has 0 atom stereocenters. The Morgan fingerprint density at radius 1 is 1.36 bits per heavy atom. The quantitative estimate of drug-likeness (QED) is 0.785. The Morgan fingerprint density at radius 2 is 2.07 bits per heavy atom. The number of rotatable bonds is 2. The summed E-state index contributed by atoms with van der Waals surface area (Å²) in [5, 5.41) is 7.96. The number of hydrogen-bond acceptors (Lipinski definition) is 4. The summed E-state index contributed by atoms with van der Waals surface area (Å²) >= 11 is 1.77. The summed E-state index contributed by atoms with van der Waals surface area (Å²) in [6.07, 6.45) is 2.41. The molecule has 0 aromatic carbocycles. The van der Waals surface area contributed by atoms with Gasteiger partial charge >= 0.3 is 0 Å². The van der Waals surface area contributed by atoms with Gasteiger partial charge in [0.15, 0.2) is 5.13 Å². The third kappa shape index (κ3) is 2.25. The molecule has 3 nitrogen and oxygen atoms in total. The molecule has 1 aliphatic rings. The largest absolute Gasteiger partial charge is 0.359 e. The summed E-state index contributed by atoms with van der Waals surface area (Å²) in [7, 11) is 0. The highest BCUT2D eigenvalue weighted by Gasteiger charge is 2.14. The van der Waals surface area contributed by atoms with Gasteiger partial charge in [0.05, 0.1) is 5.69 Å². The van der Waals surface area contributed by atoms with Gasteiger partial charge in [-0.3, -0.25) is 0 Å². The van der Waals surface area contributed by atoms with Crippen LogP contribution in [0.5, 0.6) is 0 Å². The smallest absolute Gasteiger partial charge is 0.183 e. The van der Waals surface area contributed by atoms with Gasteiger partial charge in [-0.15, -0.1) is 11.3 Å². The molecule has 1 fully saturated rings. The van der Waals surface area contributed by atoms with Gasteiger partial charge in [0, 0.05) is 10.9 Å². The molecule has 1 aromatic heterocycles. The van der Waals surface area contributed by atoms with E-state index in [-0.39, 0.29) is 0 Å². The number of anilines is 1. The Labute approximate surface area is 88.9 Å². The van der Waals surface area contributed by atoms with Crippen LogP contribution >= 0.6 is 11.3 Å². The fourth-order valence-electron chi connectivity index (χ4n) is 1.68. The van der Waals surface area contributed by atoms with Gasteiger partial charge in [-0.2, -0.15) is 0 Å². The van der Waals surface area contributed by atoms with Gasteiger partial charge in [0.1, 0.15) is 0 Å². The number of nitrogens with one attached hydrogen (secondary N) is 2. The van der Waals surface area contributed by atoms with Crippen molar-refractivity contribution in [3.8, 4) is 0 Å². The lowest BCUT2D eigenvalue weighted by atomic mass is 10.1. The maximum absolute atomic E-state index is 4.49. The number of nitrogens with zero attached hydrogens (tertiary/aromatic N) is 1. The van der Waals surface area contributed by atoms with Gasteiger partial charge in [-0.25, -0.2) is 4.98 Å². The molecule has 1 saturated heterocycles. The summed E-state index contributed by atoms with van der Waals surface area (Å²) < 4.78 is 0. The molecule has 2 rings (SSSR count). The summed E-state index contributed by atoms with van der Waals surface area (Å²) in [5.41, 5.74) is 1.16. The molecule has 0 aliphatic carbocycles. The molecule has 14 heavy (non-hydrogen) atoms. The molecule has 1 aliphatic heterocycles. The van der Waals surface area contributed by atoms with E-state index in [4.69, 9.17) is 0 Å². The summed E-state index contributed by atoms with van der Waals surface area (Å²) in [6, 6.07) is 0.612. The highest BCUT2D eigenvalue weighted by Crippen LogP contribution is 2.23. The zero-order valence-electron chi connectivity index (χ0n) is 8.76. The standard InChI is InChI=1S/C10H17N3S/c1-7-8(2)14-10(12-7)13-9-3-5-11-6-4-9/h9,11H,3-6H2,1-2H3,(H,12,13). The van der Waals surface area contributed by atoms with Crippen LogP contribution in [-0.2, 0) is 0 Å². The van der Waals surface area contributed by atoms with Crippen molar-refractivity contribution in [2.45, 2.75) is 32.7 Å². The van der Waals surface area contributed by atoms with Crippen LogP contribution in [0.25, 0.3) is 0 Å². The topological polar surface area (TPSA) is 37.0 Å². The molecule has 2 N–H and O–H groups in total. The molecule has 0 saturated carbocycles. The van der Waals surface area contributed by atoms with Crippen molar-refractivity contribution in [1.29, 1.82) is 0 Å². The lowest BCUT2D eigenvalue weighted by molar-refractivity contribution is 0.479. The van der Waals surface area contributed by atoms with Gasteiger partial charge in [0.25, 0.3) is 0 Å². The van der Waals surface area contributed by atoms with Crippen LogP contribution in [0.1, 0.15) is 23.4 Å². The minimum absolute atomic E-state index is 0.612. The normalized spacial score (nSPS) is 18.4. The summed E-state index contributed by atoms with van der Waals surface area (Å²) in [6.45, 7) is 6.45. The Bertz CT molecular complexity index is 283. The van der Waals surface area contributed by atoms with Crippen LogP contribution in [0, 0.1) is 13.8 Å². The second-order valence-corrected chi connectivity index (χ2v) is 5.03. The molecule has 4 heteroatoms. The number of aryl methyl sites for hydroxylation is 2. The molecule has 0 radical (unpaired) electrons. The maximum Gasteiger partial charge on any atom is 0.183 e. The van der Waals surface area contributed by atoms with Crippen LogP contribution in [0.4, 0.5) is 5.13 Å². The Kier molecular flexibility index (Phi) is 3.03. The predicted octanol–water partition coefficient (Wildman–Crippen LogP) is 1.92. The zero-order valence-corrected chi connectivity index (χ0v) is 9.58. The van der Waals surface area contributed by atoms with Crippen molar-refractivity contribution >= 4 is 16.5 Å². The first-order valence-corrected chi connectivity index (χ1v) is 5.98. The SMILES string of the molecule is Cc1nc(NC2CCNCC2)sc1C. The molecule has 1 aromatic rings. The molecule has 0 bridgehead atoms. The molecule has 0 spiro atoms. The van der Waals surface area contributed by atoms with E-state index in [9.17, 15) is 0 Å². The Morgan fingerprint density at radius 3 is 2.64 bits per heavy atom. The predicted molar refractivity (Wildman–Crippen MR) is 61.1 cm³/mol. The first-order chi connectivity index (χ1) is 6.75. The molecule has 0 amide bonds. The van der Waals surface area contributed by atoms with Crippen LogP contribution in [0.15, 0.2) is 0 Å². The lowest BCUT2D eigenvalue weighted by Gasteiger charge is -2.23. The monoisotopic (exact) mass is 211 g/mol. The molecule has 0 unspecified atom stereocenters. The second kappa shape index (κ2) is 4.28. The van der Waals surface area contributed by atoms with Gasteiger partial charge in [-0.05, 0) is 39.8 Å². The van der Waals surface area contributed by atoms with E-state index in [2.05, 4.69) is 29.5 Å². The molecular weight excluding hydrogens is 194 g/mol. The highest BCUT2D eigenvalue weighted by molar-refractivity contribution is 7.15. The first kappa shape index (κ1) is 9.93. The second-order valence-electron chi connectivity index (χ2n) is 3.83. The van der Waals surface area contributed by atoms with Crippen molar-refractivity contribution in [2.24, 2.45) is 0 Å². The van der Waals surface area contributed by atoms with E-state index < -0.39 is 0 Å². The fourth-order valence-corrected chi connectivity index (χ4v) is 2.57. The van der Waals surface area contributed by atoms with E-state index in [0.29, 0.717) is 6.04 Å². The third-order valence-corrected chi connectivity index (χ3v) is 3.70. The fraction of sp³-hybridized carbons (Fsp3) is 0.700. The van der Waals surface area contributed by atoms with Gasteiger partial charge in [-0.1, -0.05) is 0 Å². The zero-order chi connectivity index (χ0) is 9.97. The molecular formula is C10H17N3S. The minimum atomic E-state index is 0.612. The highest BCUT2D eigenvalue weighted by atomic mass is 32.1. The van der Waals surface area contributed by atoms with Gasteiger partial charge in [0.2, 0.25) is 0 Å². The summed E-state index contributed by atoms with van der Waals surface area (Å²) in [5.74, 6) is 0. The first-order valence-electron chi connectivity index (χ1n) is 5.17.